The summed E-state index contributed by atoms with van der Waals surface area (Å²) in [5.74, 6) is 0.917. The van der Waals surface area contributed by atoms with Crippen LogP contribution < -0.4 is 5.32 Å². The normalized spacial score (nSPS) is 9.82. The molecule has 0 saturated heterocycles. The van der Waals surface area contributed by atoms with E-state index in [9.17, 15) is 0 Å². The maximum absolute atomic E-state index is 3.24. The van der Waals surface area contributed by atoms with Crippen molar-refractivity contribution in [2.24, 2.45) is 5.92 Å². The molecule has 0 aliphatic rings. The van der Waals surface area contributed by atoms with Crippen molar-refractivity contribution in [1.29, 1.82) is 0 Å². The third kappa shape index (κ3) is 8.15. The maximum atomic E-state index is 3.24. The predicted octanol–water partition coefficient (Wildman–Crippen LogP) is 2.84. The Labute approximate surface area is 77.4 Å². The number of hydrogen-bond donors (Lipinski definition) is 1. The van der Waals surface area contributed by atoms with Crippen molar-refractivity contribution in [2.45, 2.75) is 39.5 Å². The van der Waals surface area contributed by atoms with Crippen molar-refractivity contribution >= 4 is 12.4 Å². The lowest BCUT2D eigenvalue weighted by Crippen LogP contribution is -2.18. The van der Waals surface area contributed by atoms with Gasteiger partial charge in [0.15, 0.2) is 0 Å². The highest BCUT2D eigenvalue weighted by Crippen LogP contribution is 2.11. The second-order valence-corrected chi connectivity index (χ2v) is 3.00. The molecule has 0 saturated carbocycles. The Morgan fingerprint density at radius 1 is 1.09 bits per heavy atom. The predicted molar refractivity (Wildman–Crippen MR) is 54.5 cm³/mol. The van der Waals surface area contributed by atoms with Gasteiger partial charge in [0.2, 0.25) is 0 Å². The Morgan fingerprint density at radius 2 is 1.55 bits per heavy atom. The van der Waals surface area contributed by atoms with Crippen LogP contribution in [-0.4, -0.2) is 13.6 Å². The molecule has 0 radical (unpaired) electrons. The van der Waals surface area contributed by atoms with Crippen LogP contribution in [0.2, 0.25) is 0 Å². The Bertz CT molecular complexity index is 52.3. The fourth-order valence-corrected chi connectivity index (χ4v) is 1.45. The lowest BCUT2D eigenvalue weighted by molar-refractivity contribution is 0.424. The first-order chi connectivity index (χ1) is 4.85. The van der Waals surface area contributed by atoms with E-state index in [1.807, 2.05) is 7.05 Å². The van der Waals surface area contributed by atoms with E-state index < -0.39 is 0 Å². The average Bonchev–Trinajstić information content (AvgIpc) is 1.90. The van der Waals surface area contributed by atoms with Crippen LogP contribution in [0, 0.1) is 5.92 Å². The molecule has 70 valence electrons. The summed E-state index contributed by atoms with van der Waals surface area (Å²) in [6, 6.07) is 0. The summed E-state index contributed by atoms with van der Waals surface area (Å²) >= 11 is 0. The first kappa shape index (κ1) is 13.8. The van der Waals surface area contributed by atoms with Gasteiger partial charge in [0.25, 0.3) is 0 Å². The highest BCUT2D eigenvalue weighted by Gasteiger charge is 2.03. The fourth-order valence-electron chi connectivity index (χ4n) is 1.45. The van der Waals surface area contributed by atoms with E-state index >= 15 is 0 Å². The lowest BCUT2D eigenvalue weighted by atomic mass is 9.98. The molecular weight excluding hydrogens is 158 g/mol. The van der Waals surface area contributed by atoms with E-state index in [4.69, 9.17) is 0 Å². The maximum Gasteiger partial charge on any atom is -0.00235 e. The lowest BCUT2D eigenvalue weighted by Gasteiger charge is -2.13. The van der Waals surface area contributed by atoms with Gasteiger partial charge in [-0.05, 0) is 32.4 Å². The van der Waals surface area contributed by atoms with Gasteiger partial charge in [0.05, 0.1) is 0 Å². The van der Waals surface area contributed by atoms with Crippen LogP contribution in [-0.2, 0) is 0 Å². The SMILES string of the molecule is CCCC(CCC)CNC.Cl. The summed E-state index contributed by atoms with van der Waals surface area (Å²) in [5.41, 5.74) is 0. The molecule has 0 unspecified atom stereocenters. The smallest absolute Gasteiger partial charge is 0.00235 e. The van der Waals surface area contributed by atoms with Crippen LogP contribution >= 0.6 is 12.4 Å². The number of halogens is 1. The summed E-state index contributed by atoms with van der Waals surface area (Å²) in [4.78, 5) is 0. The fraction of sp³-hybridized carbons (Fsp3) is 1.00. The molecule has 0 aromatic rings. The van der Waals surface area contributed by atoms with E-state index in [1.165, 1.54) is 32.2 Å². The molecule has 0 amide bonds. The van der Waals surface area contributed by atoms with Crippen LogP contribution in [0.1, 0.15) is 39.5 Å². The van der Waals surface area contributed by atoms with Gasteiger partial charge >= 0.3 is 0 Å². The Morgan fingerprint density at radius 3 is 1.82 bits per heavy atom. The van der Waals surface area contributed by atoms with Gasteiger partial charge in [-0.15, -0.1) is 12.4 Å². The zero-order chi connectivity index (χ0) is 7.82. The van der Waals surface area contributed by atoms with Crippen molar-refractivity contribution in [3.63, 3.8) is 0 Å². The molecule has 0 aliphatic carbocycles. The van der Waals surface area contributed by atoms with Crippen molar-refractivity contribution in [2.75, 3.05) is 13.6 Å². The van der Waals surface area contributed by atoms with Crippen LogP contribution in [0.3, 0.4) is 0 Å². The van der Waals surface area contributed by atoms with Crippen molar-refractivity contribution in [3.8, 4) is 0 Å². The van der Waals surface area contributed by atoms with Crippen molar-refractivity contribution < 1.29 is 0 Å². The molecule has 2 heteroatoms. The van der Waals surface area contributed by atoms with Gasteiger partial charge in [-0.2, -0.15) is 0 Å². The first-order valence-corrected chi connectivity index (χ1v) is 4.49. The third-order valence-corrected chi connectivity index (χ3v) is 1.89. The first-order valence-electron chi connectivity index (χ1n) is 4.49. The molecule has 0 aromatic carbocycles. The summed E-state index contributed by atoms with van der Waals surface area (Å²) in [7, 11) is 2.04. The highest BCUT2D eigenvalue weighted by atomic mass is 35.5. The van der Waals surface area contributed by atoms with Crippen LogP contribution in [0.25, 0.3) is 0 Å². The zero-order valence-electron chi connectivity index (χ0n) is 8.02. The van der Waals surface area contributed by atoms with Crippen LogP contribution in [0.15, 0.2) is 0 Å². The van der Waals surface area contributed by atoms with Gasteiger partial charge in [0.1, 0.15) is 0 Å². The van der Waals surface area contributed by atoms with Gasteiger partial charge < -0.3 is 5.32 Å². The molecule has 0 aliphatic heterocycles. The summed E-state index contributed by atoms with van der Waals surface area (Å²) in [6.07, 6.45) is 5.42. The van der Waals surface area contributed by atoms with E-state index in [1.54, 1.807) is 0 Å². The van der Waals surface area contributed by atoms with Gasteiger partial charge in [-0.3, -0.25) is 0 Å². The number of nitrogens with one attached hydrogen (secondary N) is 1. The van der Waals surface area contributed by atoms with Crippen LogP contribution in [0.5, 0.6) is 0 Å². The van der Waals surface area contributed by atoms with Gasteiger partial charge in [-0.25, -0.2) is 0 Å². The monoisotopic (exact) mass is 179 g/mol. The van der Waals surface area contributed by atoms with Gasteiger partial charge in [-0.1, -0.05) is 26.7 Å². The zero-order valence-corrected chi connectivity index (χ0v) is 8.84. The second kappa shape index (κ2) is 10.2. The standard InChI is InChI=1S/C9H21N.ClH/c1-4-6-9(7-5-2)8-10-3;/h9-10H,4-8H2,1-3H3;1H. The molecule has 0 bridgehead atoms. The molecule has 0 heterocycles. The van der Waals surface area contributed by atoms with E-state index in [2.05, 4.69) is 19.2 Å². The van der Waals surface area contributed by atoms with E-state index in [0.717, 1.165) is 5.92 Å². The molecule has 0 spiro atoms. The molecular formula is C9H22ClN. The molecule has 0 rings (SSSR count). The summed E-state index contributed by atoms with van der Waals surface area (Å²) in [6.45, 7) is 5.72. The largest absolute Gasteiger partial charge is 0.319 e. The van der Waals surface area contributed by atoms with Crippen molar-refractivity contribution in [1.82, 2.24) is 5.32 Å². The number of rotatable bonds is 6. The minimum Gasteiger partial charge on any atom is -0.319 e. The minimum absolute atomic E-state index is 0. The van der Waals surface area contributed by atoms with E-state index in [-0.39, 0.29) is 12.4 Å². The topological polar surface area (TPSA) is 12.0 Å². The van der Waals surface area contributed by atoms with Gasteiger partial charge in [0, 0.05) is 0 Å². The number of hydrogen-bond acceptors (Lipinski definition) is 1. The minimum atomic E-state index is 0. The van der Waals surface area contributed by atoms with Crippen LogP contribution in [0.4, 0.5) is 0 Å². The highest BCUT2D eigenvalue weighted by molar-refractivity contribution is 5.85. The van der Waals surface area contributed by atoms with Crippen molar-refractivity contribution in [3.05, 3.63) is 0 Å². The third-order valence-electron chi connectivity index (χ3n) is 1.89. The van der Waals surface area contributed by atoms with E-state index in [0.29, 0.717) is 0 Å². The quantitative estimate of drug-likeness (QED) is 0.662. The summed E-state index contributed by atoms with van der Waals surface area (Å²) in [5, 5.41) is 3.24. The Kier molecular flexibility index (Phi) is 12.9. The second-order valence-electron chi connectivity index (χ2n) is 3.00. The summed E-state index contributed by atoms with van der Waals surface area (Å²) < 4.78 is 0. The molecule has 11 heavy (non-hydrogen) atoms. The Hall–Kier alpha value is 0.250. The molecule has 0 atom stereocenters. The average molecular weight is 180 g/mol. The molecule has 0 aromatic heterocycles. The molecule has 0 fully saturated rings. The molecule has 1 nitrogen and oxygen atoms in total. The molecule has 1 N–H and O–H groups in total. The Balaban J connectivity index is 0.